The van der Waals surface area contributed by atoms with Crippen LogP contribution in [-0.4, -0.2) is 45.8 Å². The van der Waals surface area contributed by atoms with Crippen LogP contribution in [0.3, 0.4) is 0 Å². The second-order valence-electron chi connectivity index (χ2n) is 10.5. The van der Waals surface area contributed by atoms with E-state index in [4.69, 9.17) is 5.10 Å². The lowest BCUT2D eigenvalue weighted by molar-refractivity contribution is -0.169. The molecule has 3 heterocycles. The molecular weight excluding hydrogens is 624 g/mol. The molecule has 14 heteroatoms. The smallest absolute Gasteiger partial charge is 0.363 e. The molecule has 0 unspecified atom stereocenters. The third-order valence-electron chi connectivity index (χ3n) is 7.07. The van der Waals surface area contributed by atoms with Gasteiger partial charge in [0, 0.05) is 31.5 Å². The van der Waals surface area contributed by atoms with Crippen LogP contribution in [0.1, 0.15) is 0 Å². The lowest BCUT2D eigenvalue weighted by Crippen LogP contribution is -2.39. The highest BCUT2D eigenvalue weighted by atomic mass is 19.4. The van der Waals surface area contributed by atoms with Crippen LogP contribution in [0.2, 0.25) is 0 Å². The summed E-state index contributed by atoms with van der Waals surface area (Å²) < 4.78 is 86.6. The highest BCUT2D eigenvalue weighted by Gasteiger charge is 2.45. The number of amides is 1. The van der Waals surface area contributed by atoms with Gasteiger partial charge in [-0.2, -0.15) is 18.3 Å². The van der Waals surface area contributed by atoms with E-state index < -0.39 is 40.9 Å². The molecular formula is C33H23F6N7O. The fourth-order valence-electron chi connectivity index (χ4n) is 5.07. The Hall–Kier alpha value is -5.92. The largest absolute Gasteiger partial charge is 0.472 e. The number of nitrogens with one attached hydrogen (secondary N) is 1. The summed E-state index contributed by atoms with van der Waals surface area (Å²) in [5, 5.41) is 7.72. The molecule has 238 valence electrons. The van der Waals surface area contributed by atoms with E-state index in [1.165, 1.54) is 42.6 Å². The van der Waals surface area contributed by atoms with Crippen LogP contribution < -0.4 is 15.1 Å². The Morgan fingerprint density at radius 2 is 1.55 bits per heavy atom. The maximum absolute atomic E-state index is 14.9. The number of carbonyl (C=O) groups excluding carboxylic acids is 1. The molecule has 0 radical (unpaired) electrons. The van der Waals surface area contributed by atoms with E-state index in [1.54, 1.807) is 53.8 Å². The van der Waals surface area contributed by atoms with Crippen LogP contribution in [-0.2, 0) is 4.79 Å². The topological polar surface area (TPSA) is 78.7 Å². The summed E-state index contributed by atoms with van der Waals surface area (Å²) in [7, 11) is 3.59. The van der Waals surface area contributed by atoms with Crippen LogP contribution >= 0.6 is 0 Å². The summed E-state index contributed by atoms with van der Waals surface area (Å²) >= 11 is 0. The van der Waals surface area contributed by atoms with E-state index in [2.05, 4.69) is 15.3 Å². The zero-order valence-electron chi connectivity index (χ0n) is 24.6. The van der Waals surface area contributed by atoms with E-state index >= 15 is 0 Å². The Bertz CT molecular complexity index is 2110. The highest BCUT2D eigenvalue weighted by molar-refractivity contribution is 6.04. The highest BCUT2D eigenvalue weighted by Crippen LogP contribution is 2.40. The summed E-state index contributed by atoms with van der Waals surface area (Å²) in [6, 6.07) is 20.3. The molecule has 1 N–H and O–H groups in total. The molecule has 8 nitrogen and oxygen atoms in total. The van der Waals surface area contributed by atoms with Crippen molar-refractivity contribution in [3.63, 3.8) is 0 Å². The number of aromatic nitrogens is 4. The van der Waals surface area contributed by atoms with Gasteiger partial charge < -0.3 is 10.2 Å². The molecule has 0 saturated carbocycles. The number of hydrogen-bond acceptors (Lipinski definition) is 6. The predicted molar refractivity (Wildman–Crippen MR) is 165 cm³/mol. The van der Waals surface area contributed by atoms with Crippen molar-refractivity contribution in [1.29, 1.82) is 0 Å². The van der Waals surface area contributed by atoms with Crippen LogP contribution in [0.5, 0.6) is 0 Å². The molecule has 3 aromatic carbocycles. The van der Waals surface area contributed by atoms with E-state index in [1.807, 2.05) is 0 Å². The number of fused-ring (bicyclic) bond motifs is 1. The van der Waals surface area contributed by atoms with Crippen molar-refractivity contribution in [2.45, 2.75) is 6.18 Å². The molecule has 6 aromatic rings. The molecule has 0 saturated heterocycles. The maximum Gasteiger partial charge on any atom is 0.472 e. The van der Waals surface area contributed by atoms with Crippen molar-refractivity contribution >= 4 is 40.3 Å². The molecule has 0 fully saturated rings. The second-order valence-corrected chi connectivity index (χ2v) is 10.5. The van der Waals surface area contributed by atoms with Gasteiger partial charge in [0.2, 0.25) is 5.95 Å². The first-order chi connectivity index (χ1) is 22.4. The average molecular weight is 648 g/mol. The lowest BCUT2D eigenvalue weighted by Gasteiger charge is -2.25. The van der Waals surface area contributed by atoms with Crippen molar-refractivity contribution < 1.29 is 31.1 Å². The normalized spacial score (nSPS) is 11.5. The number of anilines is 5. The van der Waals surface area contributed by atoms with E-state index in [0.717, 1.165) is 24.3 Å². The SMILES string of the molecule is CN(C)c1cccc2c(-c3ccnc(Nc4cccc(F)c4)n3)c(-c3cccc(N(C(=O)C(F)(F)F)c4c(F)cccc4F)c3)nn12. The molecule has 0 atom stereocenters. The molecule has 0 bridgehead atoms. The molecule has 0 spiro atoms. The third kappa shape index (κ3) is 6.04. The first-order valence-electron chi connectivity index (χ1n) is 13.9. The summed E-state index contributed by atoms with van der Waals surface area (Å²) in [4.78, 5) is 23.3. The Morgan fingerprint density at radius 3 is 2.26 bits per heavy atom. The Labute approximate surface area is 263 Å². The Morgan fingerprint density at radius 1 is 0.851 bits per heavy atom. The monoisotopic (exact) mass is 647 g/mol. The number of carbonyl (C=O) groups is 1. The summed E-state index contributed by atoms with van der Waals surface area (Å²) in [6.45, 7) is 0. The lowest BCUT2D eigenvalue weighted by atomic mass is 10.0. The molecule has 6 rings (SSSR count). The van der Waals surface area contributed by atoms with Gasteiger partial charge in [-0.1, -0.05) is 30.3 Å². The standard InChI is InChI=1S/C33H23F6N7O/c1-44(2)27-14-6-13-26-28(25-15-16-40-32(42-25)41-21-9-4-8-20(34)18-21)29(43-46(26)27)19-7-3-10-22(17-19)45(31(47)33(37,38)39)30-23(35)11-5-12-24(30)36/h3-18H,1-2H3,(H,40,41,42). The molecule has 47 heavy (non-hydrogen) atoms. The summed E-state index contributed by atoms with van der Waals surface area (Å²) in [6.07, 6.45) is -4.00. The molecule has 0 aliphatic heterocycles. The molecule has 0 aliphatic rings. The van der Waals surface area contributed by atoms with Crippen molar-refractivity contribution in [2.75, 3.05) is 29.2 Å². The van der Waals surface area contributed by atoms with Gasteiger partial charge in [-0.05, 0) is 60.7 Å². The fourth-order valence-corrected chi connectivity index (χ4v) is 5.07. The minimum absolute atomic E-state index is 0.0411. The summed E-state index contributed by atoms with van der Waals surface area (Å²) in [5.41, 5.74) is 0.512. The third-order valence-corrected chi connectivity index (χ3v) is 7.07. The van der Waals surface area contributed by atoms with Crippen molar-refractivity contribution in [2.24, 2.45) is 0 Å². The number of pyridine rings is 1. The van der Waals surface area contributed by atoms with Gasteiger partial charge in [0.1, 0.15) is 34.7 Å². The van der Waals surface area contributed by atoms with Gasteiger partial charge in [-0.15, -0.1) is 0 Å². The van der Waals surface area contributed by atoms with Gasteiger partial charge in [-0.25, -0.2) is 27.7 Å². The number of nitrogens with zero attached hydrogens (tertiary/aromatic N) is 6. The van der Waals surface area contributed by atoms with Gasteiger partial charge in [0.25, 0.3) is 0 Å². The van der Waals surface area contributed by atoms with Crippen molar-refractivity contribution in [1.82, 2.24) is 19.6 Å². The Balaban J connectivity index is 1.56. The van der Waals surface area contributed by atoms with Crippen LogP contribution in [0.25, 0.3) is 28.0 Å². The number of para-hydroxylation sites is 1. The number of alkyl halides is 3. The molecule has 1 amide bonds. The predicted octanol–water partition coefficient (Wildman–Crippen LogP) is 7.91. The first kappa shape index (κ1) is 31.1. The molecule has 3 aromatic heterocycles. The van der Waals surface area contributed by atoms with Crippen molar-refractivity contribution in [3.05, 3.63) is 115 Å². The van der Waals surface area contributed by atoms with Gasteiger partial charge >= 0.3 is 12.1 Å². The van der Waals surface area contributed by atoms with Crippen LogP contribution in [0.4, 0.5) is 55.2 Å². The second kappa shape index (κ2) is 12.1. The summed E-state index contributed by atoms with van der Waals surface area (Å²) in [5.74, 6) is -4.94. The number of benzene rings is 3. The van der Waals surface area contributed by atoms with Crippen LogP contribution in [0, 0.1) is 17.5 Å². The van der Waals surface area contributed by atoms with Crippen LogP contribution in [0.15, 0.2) is 97.2 Å². The first-order valence-corrected chi connectivity index (χ1v) is 13.9. The van der Waals surface area contributed by atoms with E-state index in [9.17, 15) is 31.1 Å². The van der Waals surface area contributed by atoms with E-state index in [-0.39, 0.29) is 22.1 Å². The van der Waals surface area contributed by atoms with Gasteiger partial charge in [0.15, 0.2) is 0 Å². The minimum Gasteiger partial charge on any atom is -0.363 e. The number of hydrogen-bond donors (Lipinski definition) is 1. The fraction of sp³-hybridized carbons (Fsp3) is 0.0909. The zero-order valence-corrected chi connectivity index (χ0v) is 24.6. The number of rotatable bonds is 7. The maximum atomic E-state index is 14.9. The zero-order chi connectivity index (χ0) is 33.5. The quantitative estimate of drug-likeness (QED) is 0.178. The number of halogens is 6. The minimum atomic E-state index is -5.47. The molecule has 0 aliphatic carbocycles. The van der Waals surface area contributed by atoms with Crippen molar-refractivity contribution in [3.8, 4) is 22.5 Å². The van der Waals surface area contributed by atoms with Gasteiger partial charge in [-0.3, -0.25) is 9.69 Å². The van der Waals surface area contributed by atoms with Gasteiger partial charge in [0.05, 0.1) is 22.5 Å². The Kier molecular flexibility index (Phi) is 8.01. The average Bonchev–Trinajstić information content (AvgIpc) is 3.42. The van der Waals surface area contributed by atoms with E-state index in [0.29, 0.717) is 28.3 Å².